The molecule has 5 nitrogen and oxygen atoms in total. The number of carbonyl (C=O) groups is 1. The van der Waals surface area contributed by atoms with Gasteiger partial charge in [0.15, 0.2) is 11.5 Å². The van der Waals surface area contributed by atoms with Crippen molar-refractivity contribution in [3.05, 3.63) is 46.2 Å². The fourth-order valence-electron chi connectivity index (χ4n) is 2.06. The van der Waals surface area contributed by atoms with Crippen molar-refractivity contribution < 1.29 is 19.0 Å². The summed E-state index contributed by atoms with van der Waals surface area (Å²) in [7, 11) is 4.73. The molecular formula is C16H19NO4S. The number of rotatable bonds is 7. The van der Waals surface area contributed by atoms with Crippen molar-refractivity contribution in [2.75, 3.05) is 27.9 Å². The zero-order chi connectivity index (χ0) is 15.9. The maximum Gasteiger partial charge on any atom is 0.251 e. The SMILES string of the molecule is COc1ccc(C(=O)NCC(OC)c2ccsc2)cc1OC. The second-order valence-corrected chi connectivity index (χ2v) is 5.34. The highest BCUT2D eigenvalue weighted by Crippen LogP contribution is 2.27. The summed E-state index contributed by atoms with van der Waals surface area (Å²) in [6, 6.07) is 7.05. The molecule has 0 bridgehead atoms. The average Bonchev–Trinajstić information content (AvgIpc) is 3.08. The molecule has 1 unspecified atom stereocenters. The van der Waals surface area contributed by atoms with E-state index in [9.17, 15) is 4.79 Å². The lowest BCUT2D eigenvalue weighted by Gasteiger charge is -2.15. The van der Waals surface area contributed by atoms with Crippen LogP contribution >= 0.6 is 11.3 Å². The molecule has 2 aromatic rings. The van der Waals surface area contributed by atoms with Crippen LogP contribution in [0.2, 0.25) is 0 Å². The van der Waals surface area contributed by atoms with E-state index in [4.69, 9.17) is 14.2 Å². The van der Waals surface area contributed by atoms with Crippen LogP contribution in [0, 0.1) is 0 Å². The summed E-state index contributed by atoms with van der Waals surface area (Å²) < 4.78 is 15.8. The van der Waals surface area contributed by atoms with Crippen molar-refractivity contribution in [1.29, 1.82) is 0 Å². The number of methoxy groups -OCH3 is 3. The van der Waals surface area contributed by atoms with Crippen molar-refractivity contribution in [3.63, 3.8) is 0 Å². The third kappa shape index (κ3) is 3.78. The normalized spacial score (nSPS) is 11.8. The van der Waals surface area contributed by atoms with Crippen LogP contribution in [0.25, 0.3) is 0 Å². The van der Waals surface area contributed by atoms with E-state index >= 15 is 0 Å². The highest BCUT2D eigenvalue weighted by Gasteiger charge is 2.15. The summed E-state index contributed by atoms with van der Waals surface area (Å²) in [6.07, 6.45) is -0.157. The second-order valence-electron chi connectivity index (χ2n) is 4.56. The first-order chi connectivity index (χ1) is 10.7. The van der Waals surface area contributed by atoms with E-state index in [1.54, 1.807) is 43.8 Å². The van der Waals surface area contributed by atoms with Crippen molar-refractivity contribution >= 4 is 17.2 Å². The Morgan fingerprint density at radius 1 is 1.18 bits per heavy atom. The van der Waals surface area contributed by atoms with E-state index < -0.39 is 0 Å². The molecule has 0 saturated carbocycles. The summed E-state index contributed by atoms with van der Waals surface area (Å²) in [5, 5.41) is 6.87. The Bertz CT molecular complexity index is 613. The van der Waals surface area contributed by atoms with Gasteiger partial charge >= 0.3 is 0 Å². The summed E-state index contributed by atoms with van der Waals surface area (Å²) in [5.41, 5.74) is 1.57. The number of ether oxygens (including phenoxy) is 3. The van der Waals surface area contributed by atoms with Crippen LogP contribution in [-0.4, -0.2) is 33.8 Å². The molecule has 2 rings (SSSR count). The molecule has 0 aliphatic rings. The lowest BCUT2D eigenvalue weighted by Crippen LogP contribution is -2.29. The predicted molar refractivity (Wildman–Crippen MR) is 85.9 cm³/mol. The smallest absolute Gasteiger partial charge is 0.251 e. The molecule has 0 fully saturated rings. The number of thiophene rings is 1. The van der Waals surface area contributed by atoms with Gasteiger partial charge in [0, 0.05) is 19.2 Å². The molecule has 0 aliphatic heterocycles. The van der Waals surface area contributed by atoms with Crippen LogP contribution in [0.3, 0.4) is 0 Å². The fourth-order valence-corrected chi connectivity index (χ4v) is 2.76. The summed E-state index contributed by atoms with van der Waals surface area (Å²) in [4.78, 5) is 12.2. The number of hydrogen-bond donors (Lipinski definition) is 1. The third-order valence-corrected chi connectivity index (χ3v) is 3.99. The van der Waals surface area contributed by atoms with Gasteiger partial charge in [0.25, 0.3) is 5.91 Å². The molecule has 0 aliphatic carbocycles. The molecule has 22 heavy (non-hydrogen) atoms. The van der Waals surface area contributed by atoms with Gasteiger partial charge in [-0.25, -0.2) is 0 Å². The number of nitrogens with one attached hydrogen (secondary N) is 1. The van der Waals surface area contributed by atoms with E-state index in [-0.39, 0.29) is 12.0 Å². The quantitative estimate of drug-likeness (QED) is 0.852. The molecule has 1 N–H and O–H groups in total. The number of carbonyl (C=O) groups excluding carboxylic acids is 1. The van der Waals surface area contributed by atoms with Gasteiger partial charge in [-0.3, -0.25) is 4.79 Å². The van der Waals surface area contributed by atoms with Crippen molar-refractivity contribution in [2.24, 2.45) is 0 Å². The maximum atomic E-state index is 12.2. The minimum Gasteiger partial charge on any atom is -0.493 e. The molecular weight excluding hydrogens is 302 g/mol. The summed E-state index contributed by atoms with van der Waals surface area (Å²) >= 11 is 1.60. The van der Waals surface area contributed by atoms with Crippen molar-refractivity contribution in [3.8, 4) is 11.5 Å². The topological polar surface area (TPSA) is 56.8 Å². The van der Waals surface area contributed by atoms with Gasteiger partial charge in [-0.2, -0.15) is 11.3 Å². The zero-order valence-corrected chi connectivity index (χ0v) is 13.6. The van der Waals surface area contributed by atoms with Gasteiger partial charge < -0.3 is 19.5 Å². The van der Waals surface area contributed by atoms with Crippen LogP contribution < -0.4 is 14.8 Å². The van der Waals surface area contributed by atoms with E-state index in [1.165, 1.54) is 7.11 Å². The van der Waals surface area contributed by atoms with Crippen molar-refractivity contribution in [2.45, 2.75) is 6.10 Å². The monoisotopic (exact) mass is 321 g/mol. The first-order valence-electron chi connectivity index (χ1n) is 6.74. The lowest BCUT2D eigenvalue weighted by molar-refractivity contribution is 0.0829. The highest BCUT2D eigenvalue weighted by molar-refractivity contribution is 7.07. The Morgan fingerprint density at radius 3 is 2.55 bits per heavy atom. The van der Waals surface area contributed by atoms with Gasteiger partial charge in [0.2, 0.25) is 0 Å². The van der Waals surface area contributed by atoms with Gasteiger partial charge in [-0.1, -0.05) is 0 Å². The van der Waals surface area contributed by atoms with E-state index in [2.05, 4.69) is 5.32 Å². The summed E-state index contributed by atoms with van der Waals surface area (Å²) in [5.74, 6) is 0.932. The number of amides is 1. The highest BCUT2D eigenvalue weighted by atomic mass is 32.1. The van der Waals surface area contributed by atoms with Gasteiger partial charge in [0.05, 0.1) is 14.2 Å². The first kappa shape index (κ1) is 16.3. The molecule has 6 heteroatoms. The number of benzene rings is 1. The first-order valence-corrected chi connectivity index (χ1v) is 7.69. The standard InChI is InChI=1S/C16H19NO4S/c1-19-13-5-4-11(8-14(13)20-2)16(18)17-9-15(21-3)12-6-7-22-10-12/h4-8,10,15H,9H2,1-3H3,(H,17,18). The minimum absolute atomic E-state index is 0.157. The van der Waals surface area contributed by atoms with Crippen LogP contribution in [0.15, 0.2) is 35.0 Å². The summed E-state index contributed by atoms with van der Waals surface area (Å²) in [6.45, 7) is 0.403. The van der Waals surface area contributed by atoms with Gasteiger partial charge in [0.1, 0.15) is 6.10 Å². The van der Waals surface area contributed by atoms with Crippen molar-refractivity contribution in [1.82, 2.24) is 5.32 Å². The van der Waals surface area contributed by atoms with E-state index in [1.807, 2.05) is 16.8 Å². The van der Waals surface area contributed by atoms with Crippen LogP contribution in [0.5, 0.6) is 11.5 Å². The third-order valence-electron chi connectivity index (χ3n) is 3.29. The van der Waals surface area contributed by atoms with Crippen LogP contribution in [0.4, 0.5) is 0 Å². The average molecular weight is 321 g/mol. The fraction of sp³-hybridized carbons (Fsp3) is 0.312. The Hall–Kier alpha value is -2.05. The van der Waals surface area contributed by atoms with Gasteiger partial charge in [-0.05, 0) is 40.6 Å². The molecule has 1 aromatic carbocycles. The molecule has 0 radical (unpaired) electrons. The molecule has 0 saturated heterocycles. The molecule has 0 spiro atoms. The lowest BCUT2D eigenvalue weighted by atomic mass is 10.1. The molecule has 1 atom stereocenters. The molecule has 1 heterocycles. The van der Waals surface area contributed by atoms with Crippen LogP contribution in [-0.2, 0) is 4.74 Å². The Morgan fingerprint density at radius 2 is 1.95 bits per heavy atom. The molecule has 1 aromatic heterocycles. The second kappa shape index (κ2) is 7.82. The molecule has 1 amide bonds. The Balaban J connectivity index is 2.03. The largest absolute Gasteiger partial charge is 0.493 e. The Kier molecular flexibility index (Phi) is 5.80. The maximum absolute atomic E-state index is 12.2. The number of hydrogen-bond acceptors (Lipinski definition) is 5. The zero-order valence-electron chi connectivity index (χ0n) is 12.8. The van der Waals surface area contributed by atoms with Crippen LogP contribution in [0.1, 0.15) is 22.0 Å². The Labute approximate surface area is 133 Å². The van der Waals surface area contributed by atoms with E-state index in [0.717, 1.165) is 5.56 Å². The molecule has 118 valence electrons. The minimum atomic E-state index is -0.182. The van der Waals surface area contributed by atoms with Gasteiger partial charge in [-0.15, -0.1) is 0 Å². The predicted octanol–water partition coefficient (Wildman–Crippen LogP) is 2.88. The van der Waals surface area contributed by atoms with E-state index in [0.29, 0.717) is 23.6 Å².